The van der Waals surface area contributed by atoms with Crippen LogP contribution in [0.1, 0.15) is 17.3 Å². The number of morpholine rings is 1. The van der Waals surface area contributed by atoms with Crippen LogP contribution in [0.15, 0.2) is 30.7 Å². The van der Waals surface area contributed by atoms with E-state index in [1.807, 2.05) is 36.1 Å². The first-order valence-corrected chi connectivity index (χ1v) is 7.92. The number of amides is 1. The van der Waals surface area contributed by atoms with E-state index in [1.165, 1.54) is 0 Å². The predicted octanol–water partition coefficient (Wildman–Crippen LogP) is 0.661. The zero-order chi connectivity index (χ0) is 16.2. The molecule has 1 fully saturated rings. The quantitative estimate of drug-likeness (QED) is 0.880. The van der Waals surface area contributed by atoms with Crippen molar-refractivity contribution >= 4 is 5.91 Å². The lowest BCUT2D eigenvalue weighted by molar-refractivity contribution is 0.0204. The van der Waals surface area contributed by atoms with Crippen molar-refractivity contribution in [1.29, 1.82) is 0 Å². The molecule has 7 heteroatoms. The summed E-state index contributed by atoms with van der Waals surface area (Å²) >= 11 is 0. The van der Waals surface area contributed by atoms with E-state index < -0.39 is 0 Å². The fourth-order valence-electron chi connectivity index (χ4n) is 2.86. The van der Waals surface area contributed by atoms with E-state index >= 15 is 0 Å². The van der Waals surface area contributed by atoms with Crippen LogP contribution in [0.4, 0.5) is 0 Å². The Morgan fingerprint density at radius 1 is 1.35 bits per heavy atom. The molecule has 0 radical (unpaired) electrons. The van der Waals surface area contributed by atoms with Gasteiger partial charge in [0.2, 0.25) is 0 Å². The minimum absolute atomic E-state index is 0.0955. The second-order valence-electron chi connectivity index (χ2n) is 5.80. The third-order valence-electron chi connectivity index (χ3n) is 4.23. The minimum atomic E-state index is -0.0955. The van der Waals surface area contributed by atoms with E-state index in [0.29, 0.717) is 12.1 Å². The van der Waals surface area contributed by atoms with Gasteiger partial charge in [-0.15, -0.1) is 0 Å². The van der Waals surface area contributed by atoms with Gasteiger partial charge >= 0.3 is 0 Å². The maximum Gasteiger partial charge on any atom is 0.256 e. The molecule has 0 saturated carbocycles. The maximum absolute atomic E-state index is 12.5. The van der Waals surface area contributed by atoms with E-state index in [4.69, 9.17) is 4.74 Å². The second-order valence-corrected chi connectivity index (χ2v) is 5.80. The van der Waals surface area contributed by atoms with Gasteiger partial charge in [0.05, 0.1) is 19.4 Å². The van der Waals surface area contributed by atoms with Crippen molar-refractivity contribution in [3.05, 3.63) is 36.3 Å². The van der Waals surface area contributed by atoms with Gasteiger partial charge in [0, 0.05) is 45.1 Å². The molecule has 3 heterocycles. The topological polar surface area (TPSA) is 64.3 Å². The van der Waals surface area contributed by atoms with Crippen molar-refractivity contribution in [2.24, 2.45) is 7.05 Å². The standard InChI is InChI=1S/C16H23N5O2/c1-13(20-7-9-23-10-8-20)11-17-15(22)14-12-18-19(2)16(14)21-5-3-4-6-21/h3-6,12-13H,7-11H2,1-2H3,(H,17,22)/t13-/m0/s1. The van der Waals surface area contributed by atoms with Crippen LogP contribution < -0.4 is 5.32 Å². The van der Waals surface area contributed by atoms with Crippen LogP contribution in [0.3, 0.4) is 0 Å². The highest BCUT2D eigenvalue weighted by Crippen LogP contribution is 2.14. The third kappa shape index (κ3) is 3.46. The number of aromatic nitrogens is 3. The lowest BCUT2D eigenvalue weighted by Crippen LogP contribution is -2.47. The summed E-state index contributed by atoms with van der Waals surface area (Å²) in [7, 11) is 1.84. The summed E-state index contributed by atoms with van der Waals surface area (Å²) in [6.45, 7) is 6.09. The van der Waals surface area contributed by atoms with Crippen LogP contribution in [-0.4, -0.2) is 64.0 Å². The van der Waals surface area contributed by atoms with Gasteiger partial charge in [-0.05, 0) is 19.1 Å². The van der Waals surface area contributed by atoms with Crippen LogP contribution in [-0.2, 0) is 11.8 Å². The van der Waals surface area contributed by atoms with Gasteiger partial charge in [0.1, 0.15) is 11.4 Å². The molecule has 3 rings (SSSR count). The average molecular weight is 317 g/mol. The molecule has 2 aromatic rings. The summed E-state index contributed by atoms with van der Waals surface area (Å²) in [6.07, 6.45) is 5.43. The average Bonchev–Trinajstić information content (AvgIpc) is 3.22. The van der Waals surface area contributed by atoms with Crippen LogP contribution in [0.2, 0.25) is 0 Å². The van der Waals surface area contributed by atoms with E-state index in [-0.39, 0.29) is 11.9 Å². The molecule has 0 unspecified atom stereocenters. The van der Waals surface area contributed by atoms with Crippen molar-refractivity contribution in [2.45, 2.75) is 13.0 Å². The van der Waals surface area contributed by atoms with Gasteiger partial charge < -0.3 is 14.6 Å². The third-order valence-corrected chi connectivity index (χ3v) is 4.23. The summed E-state index contributed by atoms with van der Waals surface area (Å²) in [6, 6.07) is 4.14. The first-order valence-electron chi connectivity index (χ1n) is 7.92. The predicted molar refractivity (Wildman–Crippen MR) is 86.7 cm³/mol. The van der Waals surface area contributed by atoms with Crippen molar-refractivity contribution in [3.8, 4) is 5.82 Å². The highest BCUT2D eigenvalue weighted by molar-refractivity contribution is 5.97. The Balaban J connectivity index is 1.65. The van der Waals surface area contributed by atoms with Crippen LogP contribution >= 0.6 is 0 Å². The molecule has 0 aliphatic carbocycles. The molecule has 1 aliphatic rings. The van der Waals surface area contributed by atoms with E-state index in [0.717, 1.165) is 32.1 Å². The Kier molecular flexibility index (Phi) is 4.78. The molecule has 1 atom stereocenters. The number of aryl methyl sites for hydroxylation is 1. The lowest BCUT2D eigenvalue weighted by atomic mass is 10.2. The van der Waals surface area contributed by atoms with Crippen LogP contribution in [0, 0.1) is 0 Å². The molecular weight excluding hydrogens is 294 g/mol. The number of ether oxygens (including phenoxy) is 1. The number of carbonyl (C=O) groups is 1. The Labute approximate surface area is 135 Å². The van der Waals surface area contributed by atoms with E-state index in [2.05, 4.69) is 22.2 Å². The summed E-state index contributed by atoms with van der Waals surface area (Å²) in [4.78, 5) is 14.9. The minimum Gasteiger partial charge on any atom is -0.379 e. The van der Waals surface area contributed by atoms with E-state index in [1.54, 1.807) is 10.9 Å². The largest absolute Gasteiger partial charge is 0.379 e. The second kappa shape index (κ2) is 6.97. The first-order chi connectivity index (χ1) is 11.2. The lowest BCUT2D eigenvalue weighted by Gasteiger charge is -2.32. The number of nitrogens with zero attached hydrogens (tertiary/aromatic N) is 4. The highest BCUT2D eigenvalue weighted by atomic mass is 16.5. The zero-order valence-corrected chi connectivity index (χ0v) is 13.6. The van der Waals surface area contributed by atoms with Crippen LogP contribution in [0.5, 0.6) is 0 Å². The SMILES string of the molecule is C[C@@H](CNC(=O)c1cnn(C)c1-n1cccc1)N1CCOCC1. The number of rotatable bonds is 5. The monoisotopic (exact) mass is 317 g/mol. The van der Waals surface area contributed by atoms with Crippen molar-refractivity contribution in [3.63, 3.8) is 0 Å². The van der Waals surface area contributed by atoms with Gasteiger partial charge in [-0.2, -0.15) is 5.10 Å². The summed E-state index contributed by atoms with van der Waals surface area (Å²) in [5.41, 5.74) is 0.581. The number of hydrogen-bond acceptors (Lipinski definition) is 4. The number of nitrogens with one attached hydrogen (secondary N) is 1. The molecule has 7 nitrogen and oxygen atoms in total. The Hall–Kier alpha value is -2.12. The van der Waals surface area contributed by atoms with Gasteiger partial charge in [-0.25, -0.2) is 0 Å². The summed E-state index contributed by atoms with van der Waals surface area (Å²) < 4.78 is 8.97. The Morgan fingerprint density at radius 3 is 2.74 bits per heavy atom. The van der Waals surface area contributed by atoms with Crippen molar-refractivity contribution in [2.75, 3.05) is 32.8 Å². The number of hydrogen-bond donors (Lipinski definition) is 1. The normalized spacial score (nSPS) is 17.1. The van der Waals surface area contributed by atoms with Crippen LogP contribution in [0.25, 0.3) is 5.82 Å². The molecule has 0 spiro atoms. The Bertz CT molecular complexity index is 643. The Morgan fingerprint density at radius 2 is 2.04 bits per heavy atom. The van der Waals surface area contributed by atoms with E-state index in [9.17, 15) is 4.79 Å². The molecule has 1 aliphatic heterocycles. The smallest absolute Gasteiger partial charge is 0.256 e. The summed E-state index contributed by atoms with van der Waals surface area (Å²) in [5.74, 6) is 0.674. The zero-order valence-electron chi connectivity index (χ0n) is 13.6. The molecule has 0 bridgehead atoms. The molecule has 23 heavy (non-hydrogen) atoms. The fraction of sp³-hybridized carbons (Fsp3) is 0.500. The van der Waals surface area contributed by atoms with Gasteiger partial charge in [-0.3, -0.25) is 14.4 Å². The molecule has 1 saturated heterocycles. The summed E-state index contributed by atoms with van der Waals surface area (Å²) in [5, 5.41) is 7.24. The molecular formula is C16H23N5O2. The number of carbonyl (C=O) groups excluding carboxylic acids is 1. The van der Waals surface area contributed by atoms with Gasteiger partial charge in [-0.1, -0.05) is 0 Å². The first kappa shape index (κ1) is 15.8. The maximum atomic E-state index is 12.5. The van der Waals surface area contributed by atoms with Gasteiger partial charge in [0.15, 0.2) is 0 Å². The molecule has 124 valence electrons. The van der Waals surface area contributed by atoms with Crippen molar-refractivity contribution < 1.29 is 9.53 Å². The molecule has 2 aromatic heterocycles. The molecule has 0 aromatic carbocycles. The molecule has 1 N–H and O–H groups in total. The van der Waals surface area contributed by atoms with Crippen molar-refractivity contribution in [1.82, 2.24) is 24.6 Å². The fourth-order valence-corrected chi connectivity index (χ4v) is 2.86. The molecule has 1 amide bonds. The highest BCUT2D eigenvalue weighted by Gasteiger charge is 2.20. The van der Waals surface area contributed by atoms with Gasteiger partial charge in [0.25, 0.3) is 5.91 Å².